The first-order chi connectivity index (χ1) is 6.84. The van der Waals surface area contributed by atoms with Crippen molar-refractivity contribution in [3.8, 4) is 0 Å². The van der Waals surface area contributed by atoms with Crippen LogP contribution in [0, 0.1) is 6.92 Å². The second-order valence-electron chi connectivity index (χ2n) is 3.30. The Morgan fingerprint density at radius 2 is 2.14 bits per heavy atom. The van der Waals surface area contributed by atoms with Crippen LogP contribution in [0.4, 0.5) is 5.69 Å². The smallest absolute Gasteiger partial charge is 0.0494 e. The Morgan fingerprint density at radius 1 is 1.21 bits per heavy atom. The number of aryl methyl sites for hydroxylation is 1. The zero-order valence-electron chi connectivity index (χ0n) is 8.16. The molecule has 0 aliphatic carbocycles. The molecule has 0 saturated heterocycles. The molecule has 1 N–H and O–H groups in total. The van der Waals surface area contributed by atoms with Crippen molar-refractivity contribution in [2.24, 2.45) is 0 Å². The number of nitrogens with one attached hydrogen (secondary N) is 1. The van der Waals surface area contributed by atoms with Crippen LogP contribution in [0.2, 0.25) is 0 Å². The summed E-state index contributed by atoms with van der Waals surface area (Å²) in [5, 5.41) is 5.50. The van der Waals surface area contributed by atoms with Crippen molar-refractivity contribution in [3.63, 3.8) is 0 Å². The van der Waals surface area contributed by atoms with Crippen LogP contribution in [-0.2, 0) is 6.54 Å². The SMILES string of the molecule is Cc1cccc(NCc2cccs2)c1. The molecular formula is C12H13NS. The van der Waals surface area contributed by atoms with Gasteiger partial charge in [-0.3, -0.25) is 0 Å². The van der Waals surface area contributed by atoms with Gasteiger partial charge in [0.15, 0.2) is 0 Å². The Bertz CT molecular complexity index is 392. The number of anilines is 1. The largest absolute Gasteiger partial charge is 0.380 e. The Kier molecular flexibility index (Phi) is 2.84. The molecule has 2 heteroatoms. The van der Waals surface area contributed by atoms with Gasteiger partial charge in [0.05, 0.1) is 0 Å². The van der Waals surface area contributed by atoms with Gasteiger partial charge in [-0.05, 0) is 36.1 Å². The summed E-state index contributed by atoms with van der Waals surface area (Å²) in [6.07, 6.45) is 0. The number of thiophene rings is 1. The van der Waals surface area contributed by atoms with Crippen molar-refractivity contribution in [2.75, 3.05) is 5.32 Å². The average molecular weight is 203 g/mol. The third kappa shape index (κ3) is 2.36. The van der Waals surface area contributed by atoms with Crippen molar-refractivity contribution in [3.05, 3.63) is 52.2 Å². The highest BCUT2D eigenvalue weighted by atomic mass is 32.1. The van der Waals surface area contributed by atoms with Gasteiger partial charge in [0.1, 0.15) is 0 Å². The molecule has 0 radical (unpaired) electrons. The first-order valence-corrected chi connectivity index (χ1v) is 5.55. The fourth-order valence-electron chi connectivity index (χ4n) is 1.36. The summed E-state index contributed by atoms with van der Waals surface area (Å²) in [6, 6.07) is 12.7. The number of rotatable bonds is 3. The average Bonchev–Trinajstić information content (AvgIpc) is 2.67. The fourth-order valence-corrected chi connectivity index (χ4v) is 2.00. The summed E-state index contributed by atoms with van der Waals surface area (Å²) in [4.78, 5) is 1.37. The zero-order valence-corrected chi connectivity index (χ0v) is 8.97. The highest BCUT2D eigenvalue weighted by molar-refractivity contribution is 7.09. The van der Waals surface area contributed by atoms with Gasteiger partial charge in [0, 0.05) is 17.1 Å². The molecule has 0 bridgehead atoms. The van der Waals surface area contributed by atoms with Crippen LogP contribution in [-0.4, -0.2) is 0 Å². The molecule has 0 spiro atoms. The lowest BCUT2D eigenvalue weighted by Gasteiger charge is -2.04. The molecule has 0 amide bonds. The second kappa shape index (κ2) is 4.29. The maximum Gasteiger partial charge on any atom is 0.0494 e. The zero-order chi connectivity index (χ0) is 9.80. The second-order valence-corrected chi connectivity index (χ2v) is 4.33. The van der Waals surface area contributed by atoms with Gasteiger partial charge in [-0.25, -0.2) is 0 Å². The predicted octanol–water partition coefficient (Wildman–Crippen LogP) is 3.67. The van der Waals surface area contributed by atoms with Gasteiger partial charge in [-0.2, -0.15) is 0 Å². The minimum Gasteiger partial charge on any atom is -0.380 e. The Labute approximate surface area is 88.4 Å². The standard InChI is InChI=1S/C12H13NS/c1-10-4-2-5-11(8-10)13-9-12-6-3-7-14-12/h2-8,13H,9H2,1H3. The van der Waals surface area contributed by atoms with Gasteiger partial charge >= 0.3 is 0 Å². The Morgan fingerprint density at radius 3 is 2.86 bits per heavy atom. The van der Waals surface area contributed by atoms with E-state index >= 15 is 0 Å². The van der Waals surface area contributed by atoms with Crippen LogP contribution in [0.25, 0.3) is 0 Å². The van der Waals surface area contributed by atoms with Crippen LogP contribution in [0.5, 0.6) is 0 Å². The molecular weight excluding hydrogens is 190 g/mol. The third-order valence-electron chi connectivity index (χ3n) is 2.06. The lowest BCUT2D eigenvalue weighted by atomic mass is 10.2. The number of hydrogen-bond donors (Lipinski definition) is 1. The minimum absolute atomic E-state index is 0.918. The molecule has 1 aromatic heterocycles. The summed E-state index contributed by atoms with van der Waals surface area (Å²) in [7, 11) is 0. The molecule has 14 heavy (non-hydrogen) atoms. The molecule has 2 rings (SSSR count). The Balaban J connectivity index is 1.98. The highest BCUT2D eigenvalue weighted by Crippen LogP contribution is 2.13. The lowest BCUT2D eigenvalue weighted by Crippen LogP contribution is -1.96. The van der Waals surface area contributed by atoms with E-state index in [1.807, 2.05) is 0 Å². The van der Waals surface area contributed by atoms with Gasteiger partial charge in [0.25, 0.3) is 0 Å². The van der Waals surface area contributed by atoms with Crippen LogP contribution >= 0.6 is 11.3 Å². The molecule has 0 aliphatic heterocycles. The summed E-state index contributed by atoms with van der Waals surface area (Å²) >= 11 is 1.78. The first kappa shape index (κ1) is 9.28. The summed E-state index contributed by atoms with van der Waals surface area (Å²) in [5.74, 6) is 0. The van der Waals surface area contributed by atoms with E-state index in [1.165, 1.54) is 16.1 Å². The molecule has 0 saturated carbocycles. The van der Waals surface area contributed by atoms with E-state index in [-0.39, 0.29) is 0 Å². The quantitative estimate of drug-likeness (QED) is 0.802. The summed E-state index contributed by atoms with van der Waals surface area (Å²) < 4.78 is 0. The number of hydrogen-bond acceptors (Lipinski definition) is 2. The van der Waals surface area contributed by atoms with Crippen molar-refractivity contribution < 1.29 is 0 Å². The van der Waals surface area contributed by atoms with Crippen molar-refractivity contribution in [1.29, 1.82) is 0 Å². The fraction of sp³-hybridized carbons (Fsp3) is 0.167. The first-order valence-electron chi connectivity index (χ1n) is 4.67. The van der Waals surface area contributed by atoms with E-state index in [4.69, 9.17) is 0 Å². The third-order valence-corrected chi connectivity index (χ3v) is 2.94. The normalized spacial score (nSPS) is 10.1. The van der Waals surface area contributed by atoms with E-state index in [2.05, 4.69) is 54.0 Å². The molecule has 2 aromatic rings. The van der Waals surface area contributed by atoms with E-state index in [9.17, 15) is 0 Å². The molecule has 0 unspecified atom stereocenters. The molecule has 1 nitrogen and oxygen atoms in total. The Hall–Kier alpha value is -1.28. The highest BCUT2D eigenvalue weighted by Gasteiger charge is 1.94. The van der Waals surface area contributed by atoms with Crippen LogP contribution < -0.4 is 5.32 Å². The van der Waals surface area contributed by atoms with Crippen molar-refractivity contribution in [2.45, 2.75) is 13.5 Å². The van der Waals surface area contributed by atoms with Crippen LogP contribution in [0.1, 0.15) is 10.4 Å². The van der Waals surface area contributed by atoms with E-state index in [0.717, 1.165) is 6.54 Å². The molecule has 0 fully saturated rings. The van der Waals surface area contributed by atoms with E-state index < -0.39 is 0 Å². The maximum atomic E-state index is 3.40. The predicted molar refractivity (Wildman–Crippen MR) is 62.8 cm³/mol. The molecule has 1 aromatic carbocycles. The topological polar surface area (TPSA) is 12.0 Å². The summed E-state index contributed by atoms with van der Waals surface area (Å²) in [5.41, 5.74) is 2.49. The van der Waals surface area contributed by atoms with Crippen molar-refractivity contribution >= 4 is 17.0 Å². The molecule has 1 heterocycles. The minimum atomic E-state index is 0.918. The van der Waals surface area contributed by atoms with Crippen LogP contribution in [0.15, 0.2) is 41.8 Å². The van der Waals surface area contributed by atoms with Gasteiger partial charge < -0.3 is 5.32 Å². The molecule has 0 atom stereocenters. The van der Waals surface area contributed by atoms with Crippen LogP contribution in [0.3, 0.4) is 0 Å². The molecule has 72 valence electrons. The van der Waals surface area contributed by atoms with Gasteiger partial charge in [0.2, 0.25) is 0 Å². The maximum absolute atomic E-state index is 3.40. The van der Waals surface area contributed by atoms with E-state index in [0.29, 0.717) is 0 Å². The van der Waals surface area contributed by atoms with Gasteiger partial charge in [-0.1, -0.05) is 18.2 Å². The van der Waals surface area contributed by atoms with Gasteiger partial charge in [-0.15, -0.1) is 11.3 Å². The van der Waals surface area contributed by atoms with E-state index in [1.54, 1.807) is 11.3 Å². The monoisotopic (exact) mass is 203 g/mol. The summed E-state index contributed by atoms with van der Waals surface area (Å²) in [6.45, 7) is 3.03. The number of benzene rings is 1. The molecule has 0 aliphatic rings. The lowest BCUT2D eigenvalue weighted by molar-refractivity contribution is 1.19. The van der Waals surface area contributed by atoms with Crippen molar-refractivity contribution in [1.82, 2.24) is 0 Å².